The summed E-state index contributed by atoms with van der Waals surface area (Å²) in [5.41, 5.74) is 3.65. The number of hydrogen-bond donors (Lipinski definition) is 0. The lowest BCUT2D eigenvalue weighted by atomic mass is 10.0. The zero-order chi connectivity index (χ0) is 13.4. The van der Waals surface area contributed by atoms with Gasteiger partial charge in [0, 0.05) is 30.6 Å². The average Bonchev–Trinajstić information content (AvgIpc) is 2.44. The number of aromatic nitrogens is 3. The first-order valence-electron chi connectivity index (χ1n) is 6.03. The van der Waals surface area contributed by atoms with Gasteiger partial charge < -0.3 is 4.57 Å². The fourth-order valence-electron chi connectivity index (χ4n) is 2.21. The molecule has 0 aliphatic heterocycles. The summed E-state index contributed by atoms with van der Waals surface area (Å²) in [5.74, 6) is 0. The zero-order valence-corrected chi connectivity index (χ0v) is 10.8. The van der Waals surface area contributed by atoms with Crippen LogP contribution in [0.1, 0.15) is 5.56 Å². The van der Waals surface area contributed by atoms with Gasteiger partial charge in [0.2, 0.25) is 0 Å². The van der Waals surface area contributed by atoms with Gasteiger partial charge in [0.05, 0.1) is 17.2 Å². The van der Waals surface area contributed by atoms with E-state index >= 15 is 0 Å². The van der Waals surface area contributed by atoms with Crippen molar-refractivity contribution in [1.82, 2.24) is 14.5 Å². The molecule has 19 heavy (non-hydrogen) atoms. The van der Waals surface area contributed by atoms with Gasteiger partial charge in [-0.05, 0) is 30.7 Å². The lowest BCUT2D eigenvalue weighted by Crippen LogP contribution is -2.17. The van der Waals surface area contributed by atoms with Crippen molar-refractivity contribution in [2.45, 2.75) is 6.92 Å². The molecule has 4 heteroatoms. The van der Waals surface area contributed by atoms with Gasteiger partial charge in [-0.2, -0.15) is 0 Å². The van der Waals surface area contributed by atoms with Gasteiger partial charge in [0.1, 0.15) is 0 Å². The van der Waals surface area contributed by atoms with E-state index in [-0.39, 0.29) is 5.56 Å². The summed E-state index contributed by atoms with van der Waals surface area (Å²) in [6.07, 6.45) is 5.07. The van der Waals surface area contributed by atoms with Gasteiger partial charge >= 0.3 is 0 Å². The molecule has 0 unspecified atom stereocenters. The van der Waals surface area contributed by atoms with E-state index in [2.05, 4.69) is 9.97 Å². The summed E-state index contributed by atoms with van der Waals surface area (Å²) >= 11 is 0. The van der Waals surface area contributed by atoms with Gasteiger partial charge in [-0.1, -0.05) is 6.07 Å². The summed E-state index contributed by atoms with van der Waals surface area (Å²) in [4.78, 5) is 20.7. The largest absolute Gasteiger partial charge is 0.302 e. The topological polar surface area (TPSA) is 47.8 Å². The van der Waals surface area contributed by atoms with Gasteiger partial charge in [0.25, 0.3) is 5.56 Å². The monoisotopic (exact) mass is 251 g/mol. The zero-order valence-electron chi connectivity index (χ0n) is 10.8. The molecule has 3 aromatic rings. The molecular weight excluding hydrogens is 238 g/mol. The van der Waals surface area contributed by atoms with Crippen LogP contribution in [-0.4, -0.2) is 14.5 Å². The molecule has 0 spiro atoms. The number of aryl methyl sites for hydroxylation is 2. The Balaban J connectivity index is 2.44. The highest BCUT2D eigenvalue weighted by molar-refractivity contribution is 5.93. The summed E-state index contributed by atoms with van der Waals surface area (Å²) in [6.45, 7) is 1.98. The van der Waals surface area contributed by atoms with Crippen molar-refractivity contribution < 1.29 is 0 Å². The fourth-order valence-corrected chi connectivity index (χ4v) is 2.21. The lowest BCUT2D eigenvalue weighted by molar-refractivity contribution is 0.843. The van der Waals surface area contributed by atoms with Crippen LogP contribution in [-0.2, 0) is 7.05 Å². The molecule has 3 rings (SSSR count). The first kappa shape index (κ1) is 11.6. The summed E-state index contributed by atoms with van der Waals surface area (Å²) in [7, 11) is 1.71. The van der Waals surface area contributed by atoms with E-state index in [0.29, 0.717) is 5.39 Å². The van der Waals surface area contributed by atoms with Crippen molar-refractivity contribution in [3.8, 4) is 11.1 Å². The van der Waals surface area contributed by atoms with E-state index in [0.717, 1.165) is 22.2 Å². The highest BCUT2D eigenvalue weighted by atomic mass is 16.1. The number of fused-ring (bicyclic) bond motifs is 1. The van der Waals surface area contributed by atoms with Crippen molar-refractivity contribution in [2.24, 2.45) is 7.05 Å². The number of nitrogens with zero attached hydrogens (tertiary/aromatic N) is 3. The molecule has 0 bridgehead atoms. The second kappa shape index (κ2) is 4.31. The predicted octanol–water partition coefficient (Wildman–Crippen LogP) is 2.30. The third-order valence-corrected chi connectivity index (χ3v) is 3.14. The predicted molar refractivity (Wildman–Crippen MR) is 75.0 cm³/mol. The third-order valence-electron chi connectivity index (χ3n) is 3.14. The van der Waals surface area contributed by atoms with Crippen LogP contribution in [0.4, 0.5) is 0 Å². The Bertz CT molecular complexity index is 807. The van der Waals surface area contributed by atoms with Crippen molar-refractivity contribution in [3.05, 3.63) is 58.9 Å². The number of benzene rings is 1. The molecule has 0 amide bonds. The highest BCUT2D eigenvalue weighted by Crippen LogP contribution is 2.26. The van der Waals surface area contributed by atoms with Crippen molar-refractivity contribution >= 4 is 10.9 Å². The molecule has 4 nitrogen and oxygen atoms in total. The Morgan fingerprint density at radius 2 is 2.11 bits per heavy atom. The molecule has 1 aromatic carbocycles. The van der Waals surface area contributed by atoms with Gasteiger partial charge in [-0.3, -0.25) is 9.78 Å². The average molecular weight is 251 g/mol. The minimum atomic E-state index is -0.0289. The Morgan fingerprint density at radius 1 is 1.26 bits per heavy atom. The lowest BCUT2D eigenvalue weighted by Gasteiger charge is -2.08. The second-order valence-electron chi connectivity index (χ2n) is 4.61. The molecular formula is C15H13N3O. The van der Waals surface area contributed by atoms with E-state index in [4.69, 9.17) is 0 Å². The summed E-state index contributed by atoms with van der Waals surface area (Å²) in [6, 6.07) is 7.77. The van der Waals surface area contributed by atoms with E-state index in [1.807, 2.05) is 31.2 Å². The van der Waals surface area contributed by atoms with Gasteiger partial charge in [-0.25, -0.2) is 4.98 Å². The van der Waals surface area contributed by atoms with Crippen LogP contribution < -0.4 is 5.56 Å². The van der Waals surface area contributed by atoms with Gasteiger partial charge in [-0.15, -0.1) is 0 Å². The quantitative estimate of drug-likeness (QED) is 0.666. The van der Waals surface area contributed by atoms with Crippen LogP contribution in [0.2, 0.25) is 0 Å². The number of rotatable bonds is 1. The number of hydrogen-bond acceptors (Lipinski definition) is 3. The van der Waals surface area contributed by atoms with Crippen molar-refractivity contribution in [1.29, 1.82) is 0 Å². The molecule has 0 N–H and O–H groups in total. The minimum absolute atomic E-state index is 0.0289. The molecule has 0 saturated carbocycles. The molecule has 0 saturated heterocycles. The molecule has 0 aliphatic rings. The van der Waals surface area contributed by atoms with E-state index < -0.39 is 0 Å². The van der Waals surface area contributed by atoms with Gasteiger partial charge in [0.15, 0.2) is 0 Å². The molecule has 2 aromatic heterocycles. The second-order valence-corrected chi connectivity index (χ2v) is 4.61. The Kier molecular flexibility index (Phi) is 2.63. The number of pyridine rings is 1. The molecule has 0 radical (unpaired) electrons. The Labute approximate surface area is 110 Å². The molecule has 0 atom stereocenters. The summed E-state index contributed by atoms with van der Waals surface area (Å²) < 4.78 is 1.49. The molecule has 94 valence electrons. The molecule has 0 fully saturated rings. The van der Waals surface area contributed by atoms with E-state index in [9.17, 15) is 4.79 Å². The highest BCUT2D eigenvalue weighted by Gasteiger charge is 2.09. The SMILES string of the molecule is Cc1cc(-c2cccnc2)c2ncn(C)c(=O)c2c1. The smallest absolute Gasteiger partial charge is 0.260 e. The molecule has 0 aliphatic carbocycles. The van der Waals surface area contributed by atoms with E-state index in [1.165, 1.54) is 4.57 Å². The Hall–Kier alpha value is -2.49. The third kappa shape index (κ3) is 1.91. The maximum atomic E-state index is 12.2. The maximum Gasteiger partial charge on any atom is 0.260 e. The van der Waals surface area contributed by atoms with Crippen molar-refractivity contribution in [3.63, 3.8) is 0 Å². The van der Waals surface area contributed by atoms with Crippen LogP contribution in [0.15, 0.2) is 47.8 Å². The first-order chi connectivity index (χ1) is 9.16. The van der Waals surface area contributed by atoms with Crippen LogP contribution >= 0.6 is 0 Å². The maximum absolute atomic E-state index is 12.2. The van der Waals surface area contributed by atoms with Crippen molar-refractivity contribution in [2.75, 3.05) is 0 Å². The van der Waals surface area contributed by atoms with E-state index in [1.54, 1.807) is 25.8 Å². The fraction of sp³-hybridized carbons (Fsp3) is 0.133. The standard InChI is InChI=1S/C15H13N3O/c1-10-6-12(11-4-3-5-16-8-11)14-13(7-10)15(19)18(2)9-17-14/h3-9H,1-2H3. The van der Waals surface area contributed by atoms with Crippen LogP contribution in [0.3, 0.4) is 0 Å². The first-order valence-corrected chi connectivity index (χ1v) is 6.03. The minimum Gasteiger partial charge on any atom is -0.302 e. The molecule has 2 heterocycles. The van der Waals surface area contributed by atoms with Crippen LogP contribution in [0.25, 0.3) is 22.0 Å². The Morgan fingerprint density at radius 3 is 2.84 bits per heavy atom. The van der Waals surface area contributed by atoms with Crippen LogP contribution in [0, 0.1) is 6.92 Å². The van der Waals surface area contributed by atoms with Crippen LogP contribution in [0.5, 0.6) is 0 Å². The summed E-state index contributed by atoms with van der Waals surface area (Å²) in [5, 5.41) is 0.642. The normalized spacial score (nSPS) is 10.8.